The van der Waals surface area contributed by atoms with Gasteiger partial charge >= 0.3 is 0 Å². The Morgan fingerprint density at radius 1 is 1.50 bits per heavy atom. The third-order valence-corrected chi connectivity index (χ3v) is 1.89. The molecule has 12 heavy (non-hydrogen) atoms. The van der Waals surface area contributed by atoms with Gasteiger partial charge in [0.2, 0.25) is 0 Å². The van der Waals surface area contributed by atoms with Crippen molar-refractivity contribution in [3.8, 4) is 0 Å². The minimum absolute atomic E-state index is 0.0650. The van der Waals surface area contributed by atoms with E-state index in [0.717, 1.165) is 26.3 Å². The van der Waals surface area contributed by atoms with Gasteiger partial charge in [-0.15, -0.1) is 0 Å². The molecule has 1 rings (SSSR count). The molecule has 3 heteroatoms. The lowest BCUT2D eigenvalue weighted by Crippen LogP contribution is -2.47. The summed E-state index contributed by atoms with van der Waals surface area (Å²) in [5, 5.41) is 3.28. The molecule has 0 aromatic heterocycles. The second-order valence-corrected chi connectivity index (χ2v) is 3.82. The van der Waals surface area contributed by atoms with Gasteiger partial charge in [0.05, 0.1) is 18.8 Å². The molecule has 0 spiro atoms. The Balaban J connectivity index is 2.16. The van der Waals surface area contributed by atoms with Crippen molar-refractivity contribution in [1.82, 2.24) is 5.32 Å². The fourth-order valence-electron chi connectivity index (χ4n) is 1.20. The molecule has 1 N–H and O–H groups in total. The molecule has 1 fully saturated rings. The lowest BCUT2D eigenvalue weighted by atomic mass is 10.1. The summed E-state index contributed by atoms with van der Waals surface area (Å²) in [4.78, 5) is 0. The van der Waals surface area contributed by atoms with Crippen LogP contribution in [0.15, 0.2) is 0 Å². The fraction of sp³-hybridized carbons (Fsp3) is 1.00. The summed E-state index contributed by atoms with van der Waals surface area (Å²) in [5.41, 5.74) is -0.0650. The van der Waals surface area contributed by atoms with Crippen molar-refractivity contribution in [2.75, 3.05) is 26.3 Å². The first-order chi connectivity index (χ1) is 5.64. The number of nitrogens with one attached hydrogen (secondary N) is 1. The van der Waals surface area contributed by atoms with E-state index in [1.54, 1.807) is 0 Å². The SMILES string of the molecule is CCNCC(C)(C)OC1COC1. The average Bonchev–Trinajstić information content (AvgIpc) is 1.94. The zero-order chi connectivity index (χ0) is 9.03. The Hall–Kier alpha value is -0.120. The zero-order valence-electron chi connectivity index (χ0n) is 8.22. The van der Waals surface area contributed by atoms with Crippen LogP contribution in [0.4, 0.5) is 0 Å². The van der Waals surface area contributed by atoms with Gasteiger partial charge in [-0.05, 0) is 20.4 Å². The minimum Gasteiger partial charge on any atom is -0.376 e. The van der Waals surface area contributed by atoms with E-state index in [1.165, 1.54) is 0 Å². The van der Waals surface area contributed by atoms with Gasteiger partial charge in [-0.3, -0.25) is 0 Å². The topological polar surface area (TPSA) is 30.5 Å². The maximum atomic E-state index is 5.79. The first kappa shape index (κ1) is 9.96. The van der Waals surface area contributed by atoms with Crippen molar-refractivity contribution in [3.63, 3.8) is 0 Å². The van der Waals surface area contributed by atoms with E-state index >= 15 is 0 Å². The van der Waals surface area contributed by atoms with Crippen molar-refractivity contribution in [3.05, 3.63) is 0 Å². The summed E-state index contributed by atoms with van der Waals surface area (Å²) in [6, 6.07) is 0. The van der Waals surface area contributed by atoms with Gasteiger partial charge < -0.3 is 14.8 Å². The highest BCUT2D eigenvalue weighted by Crippen LogP contribution is 2.16. The van der Waals surface area contributed by atoms with Crippen LogP contribution in [0.1, 0.15) is 20.8 Å². The zero-order valence-corrected chi connectivity index (χ0v) is 8.22. The highest BCUT2D eigenvalue weighted by atomic mass is 16.6. The third-order valence-electron chi connectivity index (χ3n) is 1.89. The maximum absolute atomic E-state index is 5.79. The Morgan fingerprint density at radius 2 is 2.17 bits per heavy atom. The molecule has 1 aliphatic rings. The normalized spacial score (nSPS) is 19.2. The van der Waals surface area contributed by atoms with Gasteiger partial charge in [-0.1, -0.05) is 6.92 Å². The van der Waals surface area contributed by atoms with Crippen molar-refractivity contribution in [2.45, 2.75) is 32.5 Å². The molecular formula is C9H19NO2. The Morgan fingerprint density at radius 3 is 2.58 bits per heavy atom. The van der Waals surface area contributed by atoms with Crippen LogP contribution in [0.25, 0.3) is 0 Å². The largest absolute Gasteiger partial charge is 0.376 e. The number of hydrogen-bond donors (Lipinski definition) is 1. The first-order valence-electron chi connectivity index (χ1n) is 4.60. The van der Waals surface area contributed by atoms with Crippen LogP contribution in [0, 0.1) is 0 Å². The van der Waals surface area contributed by atoms with Crippen LogP contribution in [0.3, 0.4) is 0 Å². The van der Waals surface area contributed by atoms with E-state index in [-0.39, 0.29) is 5.60 Å². The first-order valence-corrected chi connectivity index (χ1v) is 4.60. The highest BCUT2D eigenvalue weighted by Gasteiger charge is 2.27. The molecule has 0 aromatic rings. The highest BCUT2D eigenvalue weighted by molar-refractivity contribution is 4.76. The number of ether oxygens (including phenoxy) is 2. The molecule has 0 saturated carbocycles. The molecule has 0 amide bonds. The van der Waals surface area contributed by atoms with E-state index in [1.807, 2.05) is 0 Å². The second-order valence-electron chi connectivity index (χ2n) is 3.82. The van der Waals surface area contributed by atoms with Gasteiger partial charge in [-0.2, -0.15) is 0 Å². The van der Waals surface area contributed by atoms with Crippen LogP contribution >= 0.6 is 0 Å². The van der Waals surface area contributed by atoms with Crippen LogP contribution in [-0.2, 0) is 9.47 Å². The molecule has 3 nitrogen and oxygen atoms in total. The standard InChI is InChI=1S/C9H19NO2/c1-4-10-7-9(2,3)12-8-5-11-6-8/h8,10H,4-7H2,1-3H3. The molecule has 0 radical (unpaired) electrons. The Labute approximate surface area is 74.4 Å². The van der Waals surface area contributed by atoms with Crippen molar-refractivity contribution < 1.29 is 9.47 Å². The third kappa shape index (κ3) is 3.09. The summed E-state index contributed by atoms with van der Waals surface area (Å²) in [7, 11) is 0. The van der Waals surface area contributed by atoms with E-state index < -0.39 is 0 Å². The maximum Gasteiger partial charge on any atom is 0.105 e. The second kappa shape index (κ2) is 4.21. The number of rotatable bonds is 5. The average molecular weight is 173 g/mol. The van der Waals surface area contributed by atoms with E-state index in [0.29, 0.717) is 6.10 Å². The lowest BCUT2D eigenvalue weighted by molar-refractivity contribution is -0.180. The number of likely N-dealkylation sites (N-methyl/N-ethyl adjacent to an activating group) is 1. The van der Waals surface area contributed by atoms with Crippen LogP contribution < -0.4 is 5.32 Å². The van der Waals surface area contributed by atoms with Gasteiger partial charge in [0, 0.05) is 6.54 Å². The molecule has 0 bridgehead atoms. The molecule has 1 aliphatic heterocycles. The van der Waals surface area contributed by atoms with Crippen LogP contribution in [0.5, 0.6) is 0 Å². The monoisotopic (exact) mass is 173 g/mol. The van der Waals surface area contributed by atoms with Crippen molar-refractivity contribution in [2.24, 2.45) is 0 Å². The predicted molar refractivity (Wildman–Crippen MR) is 48.3 cm³/mol. The summed E-state index contributed by atoms with van der Waals surface area (Å²) in [6.45, 7) is 9.73. The van der Waals surface area contributed by atoms with E-state index in [9.17, 15) is 0 Å². The van der Waals surface area contributed by atoms with Crippen LogP contribution in [-0.4, -0.2) is 38.0 Å². The summed E-state index contributed by atoms with van der Waals surface area (Å²) >= 11 is 0. The van der Waals surface area contributed by atoms with E-state index in [4.69, 9.17) is 9.47 Å². The molecule has 0 atom stereocenters. The van der Waals surface area contributed by atoms with E-state index in [2.05, 4.69) is 26.1 Å². The molecule has 0 aromatic carbocycles. The molecule has 72 valence electrons. The van der Waals surface area contributed by atoms with Crippen molar-refractivity contribution >= 4 is 0 Å². The Kier molecular flexibility index (Phi) is 3.50. The molecule has 1 saturated heterocycles. The minimum atomic E-state index is -0.0650. The Bertz CT molecular complexity index is 132. The van der Waals surface area contributed by atoms with Gasteiger partial charge in [0.1, 0.15) is 6.10 Å². The predicted octanol–water partition coefficient (Wildman–Crippen LogP) is 0.790. The molecule has 0 unspecified atom stereocenters. The lowest BCUT2D eigenvalue weighted by Gasteiger charge is -2.35. The summed E-state index contributed by atoms with van der Waals surface area (Å²) in [6.07, 6.45) is 0.318. The van der Waals surface area contributed by atoms with Gasteiger partial charge in [0.25, 0.3) is 0 Å². The van der Waals surface area contributed by atoms with Gasteiger partial charge in [-0.25, -0.2) is 0 Å². The molecule has 1 heterocycles. The summed E-state index contributed by atoms with van der Waals surface area (Å²) in [5.74, 6) is 0. The quantitative estimate of drug-likeness (QED) is 0.666. The smallest absolute Gasteiger partial charge is 0.105 e. The molecular weight excluding hydrogens is 154 g/mol. The van der Waals surface area contributed by atoms with Gasteiger partial charge in [0.15, 0.2) is 0 Å². The van der Waals surface area contributed by atoms with Crippen LogP contribution in [0.2, 0.25) is 0 Å². The fourth-order valence-corrected chi connectivity index (χ4v) is 1.20. The summed E-state index contributed by atoms with van der Waals surface area (Å²) < 4.78 is 10.8. The van der Waals surface area contributed by atoms with Crippen molar-refractivity contribution in [1.29, 1.82) is 0 Å². The number of hydrogen-bond acceptors (Lipinski definition) is 3. The molecule has 0 aliphatic carbocycles.